The van der Waals surface area contributed by atoms with Crippen LogP contribution in [0, 0.1) is 17.5 Å². The molecule has 0 bridgehead atoms. The third-order valence-corrected chi connectivity index (χ3v) is 7.44. The van der Waals surface area contributed by atoms with Gasteiger partial charge in [-0.25, -0.2) is 13.2 Å². The van der Waals surface area contributed by atoms with Crippen molar-refractivity contribution in [2.24, 2.45) is 5.73 Å². The van der Waals surface area contributed by atoms with Gasteiger partial charge in [0.05, 0.1) is 15.6 Å². The summed E-state index contributed by atoms with van der Waals surface area (Å²) in [6.45, 7) is 0. The number of anilines is 1. The number of nitrogens with two attached hydrogens (primary N) is 1. The van der Waals surface area contributed by atoms with Crippen molar-refractivity contribution < 1.29 is 22.8 Å². The minimum Gasteiger partial charge on any atom is -0.369 e. The number of halogens is 7. The Balaban J connectivity index is 1.81. The van der Waals surface area contributed by atoms with E-state index in [9.17, 15) is 22.8 Å². The number of hydrogen-bond donors (Lipinski definition) is 2. The van der Waals surface area contributed by atoms with Crippen molar-refractivity contribution >= 4 is 63.9 Å². The second-order valence-electron chi connectivity index (χ2n) is 7.68. The van der Waals surface area contributed by atoms with Gasteiger partial charge in [0.15, 0.2) is 0 Å². The number of alkyl halides is 2. The maximum absolute atomic E-state index is 14.8. The van der Waals surface area contributed by atoms with E-state index in [2.05, 4.69) is 5.32 Å². The van der Waals surface area contributed by atoms with Crippen LogP contribution in [0.15, 0.2) is 54.6 Å². The molecule has 11 heteroatoms. The van der Waals surface area contributed by atoms with Gasteiger partial charge in [-0.05, 0) is 59.7 Å². The number of carbonyl (C=O) groups excluding carboxylic acids is 2. The van der Waals surface area contributed by atoms with Gasteiger partial charge < -0.3 is 11.1 Å². The lowest BCUT2D eigenvalue weighted by atomic mass is 9.88. The summed E-state index contributed by atoms with van der Waals surface area (Å²) in [6, 6.07) is 10.5. The van der Waals surface area contributed by atoms with Crippen molar-refractivity contribution in [2.45, 2.75) is 15.7 Å². The first-order valence-corrected chi connectivity index (χ1v) is 11.1. The Hall–Kier alpha value is -2.45. The molecule has 176 valence electrons. The number of primary amides is 1. The highest BCUT2D eigenvalue weighted by atomic mass is 35.5. The summed E-state index contributed by atoms with van der Waals surface area (Å²) in [5, 5.41) is 1.69. The molecule has 1 aliphatic carbocycles. The third kappa shape index (κ3) is 3.81. The van der Waals surface area contributed by atoms with E-state index in [-0.39, 0.29) is 27.4 Å². The van der Waals surface area contributed by atoms with Crippen molar-refractivity contribution in [1.29, 1.82) is 0 Å². The summed E-state index contributed by atoms with van der Waals surface area (Å²) in [4.78, 5) is 25.5. The van der Waals surface area contributed by atoms with Crippen molar-refractivity contribution in [3.05, 3.63) is 98.8 Å². The molecule has 2 atom stereocenters. The monoisotopic (exact) mass is 546 g/mol. The standard InChI is InChI=1S/C23H13Cl4F3N2O2/c24-15-7-10(1-6-16(15)29)19-22(21(31)34,23(19,26)27)11-8-14(18(25)17(30)9-11)20(33)32-13-4-2-12(28)3-5-13/h1-9,19H,(H2,31,34)(H,32,33). The van der Waals surface area contributed by atoms with Gasteiger partial charge in [-0.3, -0.25) is 9.59 Å². The normalized spacial score (nSPS) is 20.6. The highest BCUT2D eigenvalue weighted by Gasteiger charge is 2.81. The molecule has 0 aliphatic heterocycles. The van der Waals surface area contributed by atoms with E-state index in [1.165, 1.54) is 24.3 Å². The molecule has 4 nitrogen and oxygen atoms in total. The van der Waals surface area contributed by atoms with Crippen LogP contribution in [-0.2, 0) is 10.2 Å². The van der Waals surface area contributed by atoms with Crippen molar-refractivity contribution in [3.63, 3.8) is 0 Å². The first-order valence-electron chi connectivity index (χ1n) is 9.60. The van der Waals surface area contributed by atoms with Crippen molar-refractivity contribution in [3.8, 4) is 0 Å². The molecular formula is C23H13Cl4F3N2O2. The van der Waals surface area contributed by atoms with E-state index in [4.69, 9.17) is 52.1 Å². The molecular weight excluding hydrogens is 535 g/mol. The molecule has 1 aliphatic rings. The fourth-order valence-corrected chi connectivity index (χ4v) is 5.55. The minimum absolute atomic E-state index is 0.110. The Morgan fingerprint density at radius 3 is 2.15 bits per heavy atom. The van der Waals surface area contributed by atoms with Crippen LogP contribution in [0.5, 0.6) is 0 Å². The quantitative estimate of drug-likeness (QED) is 0.365. The zero-order chi connectivity index (χ0) is 25.0. The van der Waals surface area contributed by atoms with Crippen LogP contribution in [-0.4, -0.2) is 16.1 Å². The van der Waals surface area contributed by atoms with Gasteiger partial charge in [0, 0.05) is 11.6 Å². The average molecular weight is 548 g/mol. The summed E-state index contributed by atoms with van der Waals surface area (Å²) in [6.07, 6.45) is 0. The van der Waals surface area contributed by atoms with Gasteiger partial charge in [-0.15, -0.1) is 0 Å². The molecule has 0 aromatic heterocycles. The highest BCUT2D eigenvalue weighted by molar-refractivity contribution is 6.55. The van der Waals surface area contributed by atoms with Gasteiger partial charge in [0.25, 0.3) is 5.91 Å². The molecule has 1 saturated carbocycles. The highest BCUT2D eigenvalue weighted by Crippen LogP contribution is 2.74. The molecule has 1 fully saturated rings. The van der Waals surface area contributed by atoms with Crippen LogP contribution < -0.4 is 11.1 Å². The van der Waals surface area contributed by atoms with Gasteiger partial charge in [0.2, 0.25) is 5.91 Å². The predicted octanol–water partition coefficient (Wildman–Crippen LogP) is 6.36. The lowest BCUT2D eigenvalue weighted by molar-refractivity contribution is -0.120. The molecule has 2 amide bonds. The van der Waals surface area contributed by atoms with Crippen LogP contribution in [0.25, 0.3) is 0 Å². The van der Waals surface area contributed by atoms with Gasteiger partial charge in [-0.1, -0.05) is 52.5 Å². The zero-order valence-corrected chi connectivity index (χ0v) is 19.8. The first kappa shape index (κ1) is 24.7. The van der Waals surface area contributed by atoms with E-state index in [1.54, 1.807) is 0 Å². The average Bonchev–Trinajstić information content (AvgIpc) is 3.30. The molecule has 34 heavy (non-hydrogen) atoms. The van der Waals surface area contributed by atoms with Gasteiger partial charge >= 0.3 is 0 Å². The molecule has 0 saturated heterocycles. The number of amides is 2. The van der Waals surface area contributed by atoms with Gasteiger partial charge in [-0.2, -0.15) is 0 Å². The molecule has 2 unspecified atom stereocenters. The van der Waals surface area contributed by atoms with Gasteiger partial charge in [0.1, 0.15) is 27.2 Å². The van der Waals surface area contributed by atoms with E-state index >= 15 is 0 Å². The van der Waals surface area contributed by atoms with E-state index in [1.807, 2.05) is 0 Å². The lowest BCUT2D eigenvalue weighted by Gasteiger charge is -2.18. The number of benzene rings is 3. The Morgan fingerprint density at radius 2 is 1.56 bits per heavy atom. The lowest BCUT2D eigenvalue weighted by Crippen LogP contribution is -2.34. The number of hydrogen-bond acceptors (Lipinski definition) is 2. The number of carbonyl (C=O) groups is 2. The number of nitrogens with one attached hydrogen (secondary N) is 1. The molecule has 0 heterocycles. The largest absolute Gasteiger partial charge is 0.369 e. The van der Waals surface area contributed by atoms with E-state index in [0.29, 0.717) is 0 Å². The molecule has 3 N–H and O–H groups in total. The second-order valence-corrected chi connectivity index (χ2v) is 9.85. The first-order chi connectivity index (χ1) is 15.9. The second kappa shape index (κ2) is 8.64. The smallest absolute Gasteiger partial charge is 0.257 e. The Morgan fingerprint density at radius 1 is 0.912 bits per heavy atom. The Labute approximate surface area is 211 Å². The molecule has 3 aromatic carbocycles. The Kier molecular flexibility index (Phi) is 6.27. The summed E-state index contributed by atoms with van der Waals surface area (Å²) >= 11 is 24.9. The van der Waals surface area contributed by atoms with Crippen molar-refractivity contribution in [2.75, 3.05) is 5.32 Å². The summed E-state index contributed by atoms with van der Waals surface area (Å²) in [7, 11) is 0. The molecule has 0 spiro atoms. The van der Waals surface area contributed by atoms with E-state index < -0.39 is 50.0 Å². The minimum atomic E-state index is -1.88. The fraction of sp³-hybridized carbons (Fsp3) is 0.130. The summed E-state index contributed by atoms with van der Waals surface area (Å²) < 4.78 is 39.8. The molecule has 4 rings (SSSR count). The van der Waals surface area contributed by atoms with Crippen LogP contribution in [0.3, 0.4) is 0 Å². The maximum Gasteiger partial charge on any atom is 0.257 e. The predicted molar refractivity (Wildman–Crippen MR) is 125 cm³/mol. The maximum atomic E-state index is 14.8. The van der Waals surface area contributed by atoms with Crippen LogP contribution in [0.1, 0.15) is 27.4 Å². The fourth-order valence-electron chi connectivity index (χ4n) is 4.08. The third-order valence-electron chi connectivity index (χ3n) is 5.73. The number of rotatable bonds is 5. The van der Waals surface area contributed by atoms with Crippen LogP contribution in [0.4, 0.5) is 18.9 Å². The van der Waals surface area contributed by atoms with Crippen molar-refractivity contribution in [1.82, 2.24) is 0 Å². The Bertz CT molecular complexity index is 1330. The molecule has 3 aromatic rings. The van der Waals surface area contributed by atoms with Crippen LogP contribution >= 0.6 is 46.4 Å². The topological polar surface area (TPSA) is 72.2 Å². The molecule has 0 radical (unpaired) electrons. The SMILES string of the molecule is NC(=O)C1(c2cc(F)c(Cl)c(C(=O)Nc3ccc(F)cc3)c2)C(c2ccc(F)c(Cl)c2)C1(Cl)Cl. The van der Waals surface area contributed by atoms with Crippen LogP contribution in [0.2, 0.25) is 10.0 Å². The summed E-state index contributed by atoms with van der Waals surface area (Å²) in [5.41, 5.74) is 3.85. The zero-order valence-electron chi connectivity index (χ0n) is 16.8. The van der Waals surface area contributed by atoms with E-state index in [0.717, 1.165) is 30.3 Å². The summed E-state index contributed by atoms with van der Waals surface area (Å²) in [5.74, 6) is -5.14.